The van der Waals surface area contributed by atoms with Gasteiger partial charge in [0.1, 0.15) is 5.82 Å². The predicted octanol–water partition coefficient (Wildman–Crippen LogP) is 4.61. The van der Waals surface area contributed by atoms with Crippen LogP contribution >= 0.6 is 0 Å². The first kappa shape index (κ1) is 21.8. The van der Waals surface area contributed by atoms with Gasteiger partial charge < -0.3 is 20.7 Å². The zero-order chi connectivity index (χ0) is 22.2. The first-order valence-corrected chi connectivity index (χ1v) is 9.47. The van der Waals surface area contributed by atoms with Crippen molar-refractivity contribution in [3.05, 3.63) is 89.5 Å². The number of hydrogen-bond acceptors (Lipinski definition) is 3. The molecule has 0 aliphatic carbocycles. The second-order valence-electron chi connectivity index (χ2n) is 6.79. The molecule has 0 bridgehead atoms. The number of urea groups is 1. The Hall–Kier alpha value is -3.94. The molecule has 0 heterocycles. The normalized spacial score (nSPS) is 10.3. The Balaban J connectivity index is 1.48. The number of ether oxygens (including phenoxy) is 1. The van der Waals surface area contributed by atoms with Crippen molar-refractivity contribution in [2.24, 2.45) is 0 Å². The maximum Gasteiger partial charge on any atom is 0.323 e. The summed E-state index contributed by atoms with van der Waals surface area (Å²) in [6.07, 6.45) is 0. The number of carbonyl (C=O) groups is 2. The summed E-state index contributed by atoms with van der Waals surface area (Å²) in [5.74, 6) is -2.28. The number of nitrogens with one attached hydrogen (secondary N) is 3. The smallest absolute Gasteiger partial charge is 0.323 e. The predicted molar refractivity (Wildman–Crippen MR) is 114 cm³/mol. The van der Waals surface area contributed by atoms with E-state index in [2.05, 4.69) is 16.0 Å². The first-order valence-electron chi connectivity index (χ1n) is 9.47. The average Bonchev–Trinajstić information content (AvgIpc) is 2.72. The van der Waals surface area contributed by atoms with Gasteiger partial charge in [0.25, 0.3) is 5.91 Å². The monoisotopic (exact) mass is 425 g/mol. The van der Waals surface area contributed by atoms with Crippen molar-refractivity contribution in [3.63, 3.8) is 0 Å². The Morgan fingerprint density at radius 1 is 0.903 bits per heavy atom. The van der Waals surface area contributed by atoms with Crippen LogP contribution in [0.5, 0.6) is 5.75 Å². The molecular weight excluding hydrogens is 404 g/mol. The largest absolute Gasteiger partial charge is 0.481 e. The second kappa shape index (κ2) is 10.2. The van der Waals surface area contributed by atoms with Gasteiger partial charge in [0.05, 0.1) is 0 Å². The third kappa shape index (κ3) is 6.81. The summed E-state index contributed by atoms with van der Waals surface area (Å²) < 4.78 is 31.5. The Labute approximate surface area is 178 Å². The van der Waals surface area contributed by atoms with Gasteiger partial charge in [-0.1, -0.05) is 24.3 Å². The van der Waals surface area contributed by atoms with E-state index in [1.807, 2.05) is 25.1 Å². The molecule has 160 valence electrons. The molecule has 0 aliphatic heterocycles. The molecule has 0 saturated carbocycles. The summed E-state index contributed by atoms with van der Waals surface area (Å²) in [6.45, 7) is 1.70. The second-order valence-corrected chi connectivity index (χ2v) is 6.79. The standard InChI is InChI=1S/C23H21F2N3O3/c1-15-4-2-6-18(10-15)27-23(30)28-19-7-3-5-16(11-19)13-26-22(29)14-31-21-9-8-17(24)12-20(21)25/h2-12H,13-14H2,1H3,(H,26,29)(H2,27,28,30). The third-order valence-electron chi connectivity index (χ3n) is 4.20. The van der Waals surface area contributed by atoms with Gasteiger partial charge in [-0.05, 0) is 54.4 Å². The summed E-state index contributed by atoms with van der Waals surface area (Å²) in [5.41, 5.74) is 3.01. The SMILES string of the molecule is Cc1cccc(NC(=O)Nc2cccc(CNC(=O)COc3ccc(F)cc3F)c2)c1. The number of aryl methyl sites for hydroxylation is 1. The molecule has 3 N–H and O–H groups in total. The maximum atomic E-state index is 13.5. The van der Waals surface area contributed by atoms with Crippen LogP contribution in [-0.4, -0.2) is 18.5 Å². The molecule has 0 aliphatic rings. The summed E-state index contributed by atoms with van der Waals surface area (Å²) in [5, 5.41) is 8.12. The zero-order valence-corrected chi connectivity index (χ0v) is 16.7. The maximum absolute atomic E-state index is 13.5. The number of anilines is 2. The topological polar surface area (TPSA) is 79.5 Å². The van der Waals surface area contributed by atoms with E-state index in [9.17, 15) is 18.4 Å². The molecule has 3 aromatic carbocycles. The molecule has 0 aromatic heterocycles. The van der Waals surface area contributed by atoms with Crippen LogP contribution in [0.2, 0.25) is 0 Å². The number of amides is 3. The minimum Gasteiger partial charge on any atom is -0.481 e. The van der Waals surface area contributed by atoms with Crippen molar-refractivity contribution >= 4 is 23.3 Å². The fourth-order valence-electron chi connectivity index (χ4n) is 2.76. The van der Waals surface area contributed by atoms with Crippen molar-refractivity contribution in [3.8, 4) is 5.75 Å². The van der Waals surface area contributed by atoms with E-state index in [1.54, 1.807) is 30.3 Å². The van der Waals surface area contributed by atoms with Crippen LogP contribution in [0.25, 0.3) is 0 Å². The molecule has 3 amide bonds. The Bertz CT molecular complexity index is 1090. The van der Waals surface area contributed by atoms with Crippen LogP contribution in [0.3, 0.4) is 0 Å². The molecule has 0 fully saturated rings. The molecule has 6 nitrogen and oxygen atoms in total. The van der Waals surface area contributed by atoms with E-state index in [0.29, 0.717) is 17.4 Å². The third-order valence-corrected chi connectivity index (χ3v) is 4.20. The van der Waals surface area contributed by atoms with Crippen LogP contribution in [0.4, 0.5) is 25.0 Å². The molecule has 0 spiro atoms. The number of rotatable bonds is 7. The van der Waals surface area contributed by atoms with Crippen molar-refractivity contribution in [1.82, 2.24) is 5.32 Å². The highest BCUT2D eigenvalue weighted by Crippen LogP contribution is 2.17. The number of halogens is 2. The van der Waals surface area contributed by atoms with Crippen molar-refractivity contribution in [1.29, 1.82) is 0 Å². The average molecular weight is 425 g/mol. The van der Waals surface area contributed by atoms with Gasteiger partial charge in [-0.25, -0.2) is 13.6 Å². The summed E-state index contributed by atoms with van der Waals surface area (Å²) in [4.78, 5) is 24.1. The lowest BCUT2D eigenvalue weighted by atomic mass is 10.2. The number of carbonyl (C=O) groups excluding carboxylic acids is 2. The highest BCUT2D eigenvalue weighted by atomic mass is 19.1. The van der Waals surface area contributed by atoms with E-state index in [-0.39, 0.29) is 18.3 Å². The van der Waals surface area contributed by atoms with E-state index >= 15 is 0 Å². The molecule has 0 saturated heterocycles. The highest BCUT2D eigenvalue weighted by molar-refractivity contribution is 5.99. The molecule has 3 rings (SSSR count). The first-order chi connectivity index (χ1) is 14.9. The lowest BCUT2D eigenvalue weighted by molar-refractivity contribution is -0.123. The van der Waals surface area contributed by atoms with Gasteiger partial charge in [0.15, 0.2) is 18.2 Å². The quantitative estimate of drug-likeness (QED) is 0.517. The van der Waals surface area contributed by atoms with E-state index in [0.717, 1.165) is 23.3 Å². The van der Waals surface area contributed by atoms with Gasteiger partial charge in [-0.2, -0.15) is 0 Å². The lowest BCUT2D eigenvalue weighted by Crippen LogP contribution is -2.28. The summed E-state index contributed by atoms with van der Waals surface area (Å²) in [7, 11) is 0. The molecule has 3 aromatic rings. The lowest BCUT2D eigenvalue weighted by Gasteiger charge is -2.11. The molecule has 8 heteroatoms. The molecule has 0 atom stereocenters. The summed E-state index contributed by atoms with van der Waals surface area (Å²) in [6, 6.07) is 16.9. The Kier molecular flexibility index (Phi) is 7.16. The number of benzene rings is 3. The number of hydrogen-bond donors (Lipinski definition) is 3. The van der Waals surface area contributed by atoms with Gasteiger partial charge in [0, 0.05) is 24.0 Å². The fourth-order valence-corrected chi connectivity index (χ4v) is 2.76. The van der Waals surface area contributed by atoms with Crippen LogP contribution in [0, 0.1) is 18.6 Å². The molecular formula is C23H21F2N3O3. The van der Waals surface area contributed by atoms with E-state index in [4.69, 9.17) is 4.74 Å². The van der Waals surface area contributed by atoms with Gasteiger partial charge in [0.2, 0.25) is 0 Å². The van der Waals surface area contributed by atoms with E-state index < -0.39 is 24.1 Å². The zero-order valence-electron chi connectivity index (χ0n) is 16.7. The fraction of sp³-hybridized carbons (Fsp3) is 0.130. The van der Waals surface area contributed by atoms with Gasteiger partial charge in [-0.15, -0.1) is 0 Å². The van der Waals surface area contributed by atoms with Crippen molar-refractivity contribution < 1.29 is 23.1 Å². The minimum absolute atomic E-state index is 0.184. The van der Waals surface area contributed by atoms with Gasteiger partial charge in [-0.3, -0.25) is 4.79 Å². The van der Waals surface area contributed by atoms with Crippen LogP contribution < -0.4 is 20.7 Å². The molecule has 0 radical (unpaired) electrons. The van der Waals surface area contributed by atoms with Gasteiger partial charge >= 0.3 is 6.03 Å². The molecule has 31 heavy (non-hydrogen) atoms. The van der Waals surface area contributed by atoms with Crippen LogP contribution in [-0.2, 0) is 11.3 Å². The molecule has 0 unspecified atom stereocenters. The highest BCUT2D eigenvalue weighted by Gasteiger charge is 2.09. The summed E-state index contributed by atoms with van der Waals surface area (Å²) >= 11 is 0. The van der Waals surface area contributed by atoms with Crippen molar-refractivity contribution in [2.45, 2.75) is 13.5 Å². The van der Waals surface area contributed by atoms with E-state index in [1.165, 1.54) is 0 Å². The Morgan fingerprint density at radius 2 is 1.61 bits per heavy atom. The van der Waals surface area contributed by atoms with Crippen molar-refractivity contribution in [2.75, 3.05) is 17.2 Å². The van der Waals surface area contributed by atoms with Crippen LogP contribution in [0.1, 0.15) is 11.1 Å². The Morgan fingerprint density at radius 3 is 2.32 bits per heavy atom. The van der Waals surface area contributed by atoms with Crippen LogP contribution in [0.15, 0.2) is 66.7 Å². The minimum atomic E-state index is -0.879.